The van der Waals surface area contributed by atoms with Crippen LogP contribution in [0.25, 0.3) is 22.2 Å². The number of hydrogen-bond acceptors (Lipinski definition) is 3. The van der Waals surface area contributed by atoms with E-state index in [0.29, 0.717) is 27.7 Å². The third-order valence-electron chi connectivity index (χ3n) is 4.62. The average molecular weight is 373 g/mol. The molecule has 0 unspecified atom stereocenters. The number of benzene rings is 2. The van der Waals surface area contributed by atoms with Crippen molar-refractivity contribution in [3.8, 4) is 11.1 Å². The van der Waals surface area contributed by atoms with E-state index in [1.807, 2.05) is 6.07 Å². The van der Waals surface area contributed by atoms with Crippen molar-refractivity contribution < 1.29 is 14.0 Å². The molecule has 2 heterocycles. The number of rotatable bonds is 4. The van der Waals surface area contributed by atoms with Gasteiger partial charge in [-0.3, -0.25) is 9.59 Å². The van der Waals surface area contributed by atoms with Gasteiger partial charge in [-0.1, -0.05) is 23.8 Å². The van der Waals surface area contributed by atoms with Crippen molar-refractivity contribution in [2.24, 2.45) is 5.73 Å². The second-order valence-electron chi connectivity index (χ2n) is 6.58. The van der Waals surface area contributed by atoms with Gasteiger partial charge in [-0.15, -0.1) is 0 Å². The fourth-order valence-electron chi connectivity index (χ4n) is 3.16. The molecule has 138 valence electrons. The van der Waals surface area contributed by atoms with Crippen LogP contribution in [-0.4, -0.2) is 21.7 Å². The van der Waals surface area contributed by atoms with Gasteiger partial charge in [-0.2, -0.15) is 0 Å². The van der Waals surface area contributed by atoms with Crippen molar-refractivity contribution in [3.05, 3.63) is 89.0 Å². The lowest BCUT2D eigenvalue weighted by atomic mass is 9.99. The van der Waals surface area contributed by atoms with Crippen LogP contribution < -0.4 is 5.73 Å². The molecule has 0 saturated carbocycles. The topological polar surface area (TPSA) is 88.8 Å². The van der Waals surface area contributed by atoms with Gasteiger partial charge in [0.05, 0.1) is 5.56 Å². The summed E-state index contributed by atoms with van der Waals surface area (Å²) in [6, 6.07) is 13.1. The summed E-state index contributed by atoms with van der Waals surface area (Å²) in [4.78, 5) is 31.7. The second kappa shape index (κ2) is 6.74. The Morgan fingerprint density at radius 1 is 1.04 bits per heavy atom. The predicted molar refractivity (Wildman–Crippen MR) is 105 cm³/mol. The molecule has 2 aromatic heterocycles. The number of nitrogens with two attached hydrogens (primary N) is 1. The summed E-state index contributed by atoms with van der Waals surface area (Å²) in [5.41, 5.74) is 8.85. The summed E-state index contributed by atoms with van der Waals surface area (Å²) in [6.45, 7) is 1.80. The highest BCUT2D eigenvalue weighted by Gasteiger charge is 2.19. The van der Waals surface area contributed by atoms with Gasteiger partial charge < -0.3 is 10.7 Å². The Bertz CT molecular complexity index is 1240. The summed E-state index contributed by atoms with van der Waals surface area (Å²) in [6.07, 6.45) is 3.17. The van der Waals surface area contributed by atoms with E-state index in [0.717, 1.165) is 11.1 Å². The molecule has 0 spiro atoms. The predicted octanol–water partition coefficient (Wildman–Crippen LogP) is 4.01. The lowest BCUT2D eigenvalue weighted by Gasteiger charge is -2.06. The molecule has 5 nitrogen and oxygen atoms in total. The molecule has 0 fully saturated rings. The average Bonchev–Trinajstić information content (AvgIpc) is 3.12. The number of aromatic amines is 1. The number of nitrogens with zero attached hydrogens (tertiary/aromatic N) is 1. The van der Waals surface area contributed by atoms with Crippen molar-refractivity contribution in [3.63, 3.8) is 0 Å². The largest absolute Gasteiger partial charge is 0.366 e. The molecule has 0 radical (unpaired) electrons. The highest BCUT2D eigenvalue weighted by Crippen LogP contribution is 2.27. The van der Waals surface area contributed by atoms with Gasteiger partial charge in [0.25, 0.3) is 0 Å². The molecule has 0 bridgehead atoms. The highest BCUT2D eigenvalue weighted by atomic mass is 19.1. The van der Waals surface area contributed by atoms with Gasteiger partial charge in [0.2, 0.25) is 5.91 Å². The Hall–Kier alpha value is -3.80. The molecule has 4 rings (SSSR count). The fourth-order valence-corrected chi connectivity index (χ4v) is 3.16. The van der Waals surface area contributed by atoms with Crippen LogP contribution in [0.2, 0.25) is 0 Å². The van der Waals surface area contributed by atoms with Crippen molar-refractivity contribution in [2.75, 3.05) is 0 Å². The summed E-state index contributed by atoms with van der Waals surface area (Å²) >= 11 is 0. The van der Waals surface area contributed by atoms with Crippen LogP contribution in [0.15, 0.2) is 60.9 Å². The highest BCUT2D eigenvalue weighted by molar-refractivity contribution is 6.16. The first-order valence-electron chi connectivity index (χ1n) is 8.62. The number of aryl methyl sites for hydroxylation is 1. The number of fused-ring (bicyclic) bond motifs is 1. The number of amides is 1. The maximum absolute atomic E-state index is 14.2. The number of nitrogens with one attached hydrogen (secondary N) is 1. The van der Waals surface area contributed by atoms with Gasteiger partial charge in [0, 0.05) is 34.5 Å². The molecular formula is C22H16FN3O2. The Morgan fingerprint density at radius 2 is 1.86 bits per heavy atom. The number of hydrogen-bond donors (Lipinski definition) is 2. The summed E-state index contributed by atoms with van der Waals surface area (Å²) in [5, 5.41) is 0.577. The number of aromatic nitrogens is 2. The van der Waals surface area contributed by atoms with Crippen molar-refractivity contribution in [2.45, 2.75) is 6.92 Å². The third kappa shape index (κ3) is 3.05. The zero-order valence-electron chi connectivity index (χ0n) is 15.0. The first-order chi connectivity index (χ1) is 13.4. The molecule has 3 N–H and O–H groups in total. The Balaban J connectivity index is 1.83. The third-order valence-corrected chi connectivity index (χ3v) is 4.62. The number of primary amides is 1. The maximum Gasteiger partial charge on any atom is 0.248 e. The molecular weight excluding hydrogens is 357 g/mol. The van der Waals surface area contributed by atoms with Crippen LogP contribution in [0.1, 0.15) is 31.8 Å². The standard InChI is InChI=1S/C22H16FN3O2/c1-12-5-6-19(23)17(7-12)20(27)18-11-26-22-16(18)9-15(10-25-22)13-3-2-4-14(8-13)21(24)28/h2-11H,1H3,(H2,24,28)(H,25,26). The van der Waals surface area contributed by atoms with Crippen molar-refractivity contribution >= 4 is 22.7 Å². The summed E-state index contributed by atoms with van der Waals surface area (Å²) in [5.74, 6) is -1.51. The Morgan fingerprint density at radius 3 is 2.64 bits per heavy atom. The van der Waals surface area contributed by atoms with Crippen molar-refractivity contribution in [1.82, 2.24) is 9.97 Å². The SMILES string of the molecule is Cc1ccc(F)c(C(=O)c2c[nH]c3ncc(-c4cccc(C(N)=O)c4)cc23)c1. The van der Waals surface area contributed by atoms with Gasteiger partial charge in [0.15, 0.2) is 5.78 Å². The number of H-pyrrole nitrogens is 1. The Kier molecular flexibility index (Phi) is 4.24. The molecule has 2 aromatic carbocycles. The molecule has 28 heavy (non-hydrogen) atoms. The van der Waals surface area contributed by atoms with Gasteiger partial charge in [-0.05, 0) is 42.8 Å². The first kappa shape index (κ1) is 17.6. The normalized spacial score (nSPS) is 10.9. The summed E-state index contributed by atoms with van der Waals surface area (Å²) < 4.78 is 14.2. The number of halogens is 1. The van der Waals surface area contributed by atoms with Crippen LogP contribution in [0.3, 0.4) is 0 Å². The van der Waals surface area contributed by atoms with E-state index < -0.39 is 17.5 Å². The number of carbonyl (C=O) groups excluding carboxylic acids is 2. The van der Waals surface area contributed by atoms with Crippen LogP contribution in [0, 0.1) is 12.7 Å². The first-order valence-corrected chi connectivity index (χ1v) is 8.62. The molecule has 4 aromatic rings. The minimum Gasteiger partial charge on any atom is -0.366 e. The van der Waals surface area contributed by atoms with Crippen LogP contribution in [-0.2, 0) is 0 Å². The van der Waals surface area contributed by atoms with Gasteiger partial charge >= 0.3 is 0 Å². The molecule has 0 aliphatic heterocycles. The quantitative estimate of drug-likeness (QED) is 0.530. The number of carbonyl (C=O) groups is 2. The zero-order chi connectivity index (χ0) is 19.8. The lowest BCUT2D eigenvalue weighted by molar-refractivity contribution is 0.0998. The number of pyridine rings is 1. The second-order valence-corrected chi connectivity index (χ2v) is 6.58. The van der Waals surface area contributed by atoms with Crippen LogP contribution in [0.4, 0.5) is 4.39 Å². The van der Waals surface area contributed by atoms with Crippen molar-refractivity contribution in [1.29, 1.82) is 0 Å². The minimum absolute atomic E-state index is 0.0158. The monoisotopic (exact) mass is 373 g/mol. The van der Waals surface area contributed by atoms with E-state index in [2.05, 4.69) is 9.97 Å². The molecule has 6 heteroatoms. The van der Waals surface area contributed by atoms with E-state index in [1.165, 1.54) is 18.3 Å². The summed E-state index contributed by atoms with van der Waals surface area (Å²) in [7, 11) is 0. The lowest BCUT2D eigenvalue weighted by Crippen LogP contribution is -2.10. The molecule has 0 aliphatic carbocycles. The van der Waals surface area contributed by atoms with E-state index in [-0.39, 0.29) is 5.56 Å². The fraction of sp³-hybridized carbons (Fsp3) is 0.0455. The minimum atomic E-state index is -0.566. The molecule has 0 saturated heterocycles. The number of ketones is 1. The van der Waals surface area contributed by atoms with Crippen LogP contribution in [0.5, 0.6) is 0 Å². The van der Waals surface area contributed by atoms with E-state index >= 15 is 0 Å². The van der Waals surface area contributed by atoms with E-state index in [1.54, 1.807) is 43.5 Å². The maximum atomic E-state index is 14.2. The molecule has 0 atom stereocenters. The molecule has 0 aliphatic rings. The van der Waals surface area contributed by atoms with Gasteiger partial charge in [-0.25, -0.2) is 9.37 Å². The van der Waals surface area contributed by atoms with E-state index in [4.69, 9.17) is 5.73 Å². The zero-order valence-corrected chi connectivity index (χ0v) is 15.0. The van der Waals surface area contributed by atoms with E-state index in [9.17, 15) is 14.0 Å². The van der Waals surface area contributed by atoms with Crippen LogP contribution >= 0.6 is 0 Å². The smallest absolute Gasteiger partial charge is 0.248 e. The molecule has 1 amide bonds. The Labute approximate surface area is 160 Å². The van der Waals surface area contributed by atoms with Gasteiger partial charge in [0.1, 0.15) is 11.5 Å².